The van der Waals surface area contributed by atoms with Gasteiger partial charge in [-0.2, -0.15) is 0 Å². The lowest BCUT2D eigenvalue weighted by molar-refractivity contribution is 0.570. The molecule has 0 unspecified atom stereocenters. The number of sulfone groups is 1. The van der Waals surface area contributed by atoms with Gasteiger partial charge in [0, 0.05) is 16.9 Å². The monoisotopic (exact) mass is 320 g/mol. The van der Waals surface area contributed by atoms with E-state index in [0.717, 1.165) is 18.4 Å². The highest BCUT2D eigenvalue weighted by Crippen LogP contribution is 2.27. The van der Waals surface area contributed by atoms with Crippen LogP contribution in [-0.4, -0.2) is 23.1 Å². The molecule has 0 radical (unpaired) electrons. The number of rotatable bonds is 3. The van der Waals surface area contributed by atoms with Gasteiger partial charge in [0.25, 0.3) is 0 Å². The normalized spacial score (nSPS) is 12.7. The highest BCUT2D eigenvalue weighted by Gasteiger charge is 2.20. The minimum atomic E-state index is -3.86. The maximum Gasteiger partial charge on any atom is 0.236 e. The third kappa shape index (κ3) is 4.09. The van der Waals surface area contributed by atoms with Crippen LogP contribution in [0.4, 0.5) is 4.39 Å². The molecule has 17 heavy (non-hydrogen) atoms. The largest absolute Gasteiger partial charge is 0.236 e. The minimum absolute atomic E-state index is 0.0186. The van der Waals surface area contributed by atoms with Crippen LogP contribution in [0.25, 0.3) is 0 Å². The average Bonchev–Trinajstić information content (AvgIpc) is 1.94. The third-order valence-electron chi connectivity index (χ3n) is 1.77. The highest BCUT2D eigenvalue weighted by molar-refractivity contribution is 8.13. The Kier molecular flexibility index (Phi) is 4.08. The molecular weight excluding hydrogens is 314 g/mol. The molecule has 1 aromatic rings. The first kappa shape index (κ1) is 14.7. The van der Waals surface area contributed by atoms with E-state index in [4.69, 9.17) is 22.3 Å². The van der Waals surface area contributed by atoms with Crippen molar-refractivity contribution < 1.29 is 21.2 Å². The van der Waals surface area contributed by atoms with Gasteiger partial charge in [0.1, 0.15) is 10.7 Å². The first-order valence-corrected chi connectivity index (χ1v) is 8.86. The van der Waals surface area contributed by atoms with Gasteiger partial charge in [-0.1, -0.05) is 11.6 Å². The summed E-state index contributed by atoms with van der Waals surface area (Å²) in [4.78, 5) is -0.658. The molecule has 0 saturated carbocycles. The maximum atomic E-state index is 13.5. The van der Waals surface area contributed by atoms with Gasteiger partial charge in [0.2, 0.25) is 9.05 Å². The molecule has 0 atom stereocenters. The summed E-state index contributed by atoms with van der Waals surface area (Å²) in [5.74, 6) is -1.73. The van der Waals surface area contributed by atoms with Gasteiger partial charge < -0.3 is 0 Å². The molecule has 0 N–H and O–H groups in total. The van der Waals surface area contributed by atoms with Crippen molar-refractivity contribution in [2.45, 2.75) is 10.6 Å². The zero-order valence-corrected chi connectivity index (χ0v) is 11.6. The van der Waals surface area contributed by atoms with Crippen molar-refractivity contribution in [2.24, 2.45) is 0 Å². The second-order valence-electron chi connectivity index (χ2n) is 3.34. The van der Waals surface area contributed by atoms with Gasteiger partial charge in [-0.3, -0.25) is 0 Å². The van der Waals surface area contributed by atoms with Crippen molar-refractivity contribution in [3.63, 3.8) is 0 Å². The van der Waals surface area contributed by atoms with Crippen LogP contribution in [0.2, 0.25) is 5.02 Å². The lowest BCUT2D eigenvalue weighted by Crippen LogP contribution is -2.04. The predicted molar refractivity (Wildman–Crippen MR) is 63.0 cm³/mol. The van der Waals surface area contributed by atoms with Crippen LogP contribution in [0, 0.1) is 5.82 Å². The molecule has 4 nitrogen and oxygen atoms in total. The quantitative estimate of drug-likeness (QED) is 0.798. The van der Waals surface area contributed by atoms with Crippen LogP contribution in [0.15, 0.2) is 17.0 Å². The molecular formula is C8H7Cl2FO4S2. The SMILES string of the molecule is CS(=O)(=O)c1c(F)cc(CS(=O)(=O)Cl)cc1Cl. The van der Waals surface area contributed by atoms with Crippen LogP contribution in [0.1, 0.15) is 5.56 Å². The molecule has 0 fully saturated rings. The molecule has 0 aliphatic carbocycles. The van der Waals surface area contributed by atoms with Gasteiger partial charge in [0.05, 0.1) is 10.8 Å². The van der Waals surface area contributed by atoms with Crippen LogP contribution in [0.5, 0.6) is 0 Å². The van der Waals surface area contributed by atoms with Crippen molar-refractivity contribution in [1.29, 1.82) is 0 Å². The first-order chi connectivity index (χ1) is 7.50. The zero-order chi connectivity index (χ0) is 13.4. The summed E-state index contributed by atoms with van der Waals surface area (Å²) >= 11 is 5.59. The van der Waals surface area contributed by atoms with Gasteiger partial charge in [-0.25, -0.2) is 21.2 Å². The summed E-state index contributed by atoms with van der Waals surface area (Å²) in [5, 5.41) is -0.372. The average molecular weight is 321 g/mol. The second-order valence-corrected chi connectivity index (χ2v) is 8.48. The van der Waals surface area contributed by atoms with Crippen molar-refractivity contribution in [2.75, 3.05) is 6.26 Å². The fourth-order valence-corrected chi connectivity index (χ4v) is 3.67. The number of benzene rings is 1. The van der Waals surface area contributed by atoms with E-state index in [9.17, 15) is 21.2 Å². The van der Waals surface area contributed by atoms with E-state index in [0.29, 0.717) is 0 Å². The molecule has 0 saturated heterocycles. The second kappa shape index (κ2) is 4.72. The van der Waals surface area contributed by atoms with Crippen LogP contribution in [0.3, 0.4) is 0 Å². The van der Waals surface area contributed by atoms with Crippen LogP contribution >= 0.6 is 22.3 Å². The summed E-state index contributed by atoms with van der Waals surface area (Å²) in [6.45, 7) is 0. The predicted octanol–water partition coefficient (Wildman–Crippen LogP) is 1.95. The molecule has 9 heteroatoms. The molecule has 0 aliphatic rings. The lowest BCUT2D eigenvalue weighted by Gasteiger charge is -2.06. The van der Waals surface area contributed by atoms with Gasteiger partial charge >= 0.3 is 0 Å². The molecule has 0 amide bonds. The Hall–Kier alpha value is -0.370. The Morgan fingerprint density at radius 1 is 1.24 bits per heavy atom. The summed E-state index contributed by atoms with van der Waals surface area (Å²) in [6, 6.07) is 1.84. The summed E-state index contributed by atoms with van der Waals surface area (Å²) in [5.41, 5.74) is -0.0186. The Labute approximate surface area is 108 Å². The molecule has 96 valence electrons. The fraction of sp³-hybridized carbons (Fsp3) is 0.250. The lowest BCUT2D eigenvalue weighted by atomic mass is 10.2. The topological polar surface area (TPSA) is 68.3 Å². The van der Waals surface area contributed by atoms with E-state index in [-0.39, 0.29) is 10.6 Å². The third-order valence-corrected chi connectivity index (χ3v) is 4.34. The molecule has 0 aliphatic heterocycles. The van der Waals surface area contributed by atoms with Crippen LogP contribution in [-0.2, 0) is 24.6 Å². The van der Waals surface area contributed by atoms with E-state index < -0.39 is 35.4 Å². The van der Waals surface area contributed by atoms with E-state index in [1.54, 1.807) is 0 Å². The van der Waals surface area contributed by atoms with Crippen molar-refractivity contribution in [3.05, 3.63) is 28.5 Å². The Bertz CT molecular complexity index is 629. The van der Waals surface area contributed by atoms with Crippen molar-refractivity contribution in [1.82, 2.24) is 0 Å². The van der Waals surface area contributed by atoms with Gasteiger partial charge in [-0.05, 0) is 17.7 Å². The molecule has 0 aromatic heterocycles. The molecule has 0 heterocycles. The van der Waals surface area contributed by atoms with Gasteiger partial charge in [-0.15, -0.1) is 0 Å². The number of hydrogen-bond donors (Lipinski definition) is 0. The van der Waals surface area contributed by atoms with Crippen molar-refractivity contribution in [3.8, 4) is 0 Å². The standard InChI is InChI=1S/C8H7Cl2FO4S2/c1-16(12,13)8-6(9)2-5(3-7(8)11)4-17(10,14)15/h2-3H,4H2,1H3. The van der Waals surface area contributed by atoms with E-state index in [1.165, 1.54) is 0 Å². The van der Waals surface area contributed by atoms with Gasteiger partial charge in [0.15, 0.2) is 9.84 Å². The number of halogens is 3. The minimum Gasteiger partial charge on any atom is -0.224 e. The summed E-state index contributed by atoms with van der Waals surface area (Å²) in [6.07, 6.45) is 0.801. The highest BCUT2D eigenvalue weighted by atomic mass is 35.7. The van der Waals surface area contributed by atoms with E-state index in [1.807, 2.05) is 0 Å². The molecule has 0 bridgehead atoms. The molecule has 1 aromatic carbocycles. The molecule has 1 rings (SSSR count). The maximum absolute atomic E-state index is 13.5. The van der Waals surface area contributed by atoms with Crippen LogP contribution < -0.4 is 0 Å². The summed E-state index contributed by atoms with van der Waals surface area (Å²) < 4.78 is 57.5. The smallest absolute Gasteiger partial charge is 0.224 e. The Balaban J connectivity index is 3.39. The fourth-order valence-electron chi connectivity index (χ4n) is 1.25. The Morgan fingerprint density at radius 3 is 2.12 bits per heavy atom. The molecule has 0 spiro atoms. The number of hydrogen-bond acceptors (Lipinski definition) is 4. The Morgan fingerprint density at radius 2 is 1.76 bits per heavy atom. The first-order valence-electron chi connectivity index (χ1n) is 4.11. The van der Waals surface area contributed by atoms with Crippen molar-refractivity contribution >= 4 is 41.2 Å². The van der Waals surface area contributed by atoms with E-state index in [2.05, 4.69) is 0 Å². The van der Waals surface area contributed by atoms with E-state index >= 15 is 0 Å². The summed E-state index contributed by atoms with van der Waals surface area (Å²) in [7, 11) is -2.69. The zero-order valence-electron chi connectivity index (χ0n) is 8.45.